The molecule has 8 heteroatoms. The van der Waals surface area contributed by atoms with Crippen LogP contribution in [0.25, 0.3) is 0 Å². The van der Waals surface area contributed by atoms with E-state index in [-0.39, 0.29) is 4.90 Å². The van der Waals surface area contributed by atoms with Crippen molar-refractivity contribution in [3.8, 4) is 0 Å². The number of hydrogen-bond acceptors (Lipinski definition) is 4. The van der Waals surface area contributed by atoms with E-state index in [0.717, 1.165) is 6.08 Å². The molecule has 102 valence electrons. The molecule has 0 aromatic heterocycles. The Balaban J connectivity index is 2.78. The van der Waals surface area contributed by atoms with Crippen molar-refractivity contribution in [3.63, 3.8) is 0 Å². The molecule has 0 aliphatic rings. The molecular formula is C11H12N2O5S. The Labute approximate surface area is 110 Å². The lowest BCUT2D eigenvalue weighted by molar-refractivity contribution is -0.131. The second-order valence-electron chi connectivity index (χ2n) is 3.39. The number of carboxylic acid groups (broad SMARTS) is 1. The molecule has 0 aliphatic heterocycles. The minimum absolute atomic E-state index is 0.0640. The molecule has 19 heavy (non-hydrogen) atoms. The van der Waals surface area contributed by atoms with Gasteiger partial charge in [0.25, 0.3) is 0 Å². The van der Waals surface area contributed by atoms with Crippen LogP contribution in [0, 0.1) is 0 Å². The quantitative estimate of drug-likeness (QED) is 0.667. The highest BCUT2D eigenvalue weighted by molar-refractivity contribution is 7.89. The largest absolute Gasteiger partial charge is 0.478 e. The third-order valence-electron chi connectivity index (χ3n) is 2.08. The van der Waals surface area contributed by atoms with Gasteiger partial charge in [-0.15, -0.1) is 0 Å². The summed E-state index contributed by atoms with van der Waals surface area (Å²) in [5.74, 6) is -1.85. The zero-order chi connectivity index (χ0) is 14.5. The van der Waals surface area contributed by atoms with Crippen LogP contribution in [-0.2, 0) is 19.6 Å². The number of hydrogen-bond donors (Lipinski definition) is 3. The maximum atomic E-state index is 11.4. The monoisotopic (exact) mass is 284 g/mol. The number of carbonyl (C=O) groups is 2. The fourth-order valence-electron chi connectivity index (χ4n) is 1.17. The molecule has 0 atom stereocenters. The molecule has 1 amide bonds. The van der Waals surface area contributed by atoms with Gasteiger partial charge in [-0.05, 0) is 31.3 Å². The molecule has 0 unspecified atom stereocenters. The van der Waals surface area contributed by atoms with Gasteiger partial charge in [0.2, 0.25) is 15.9 Å². The van der Waals surface area contributed by atoms with Crippen LogP contribution in [-0.4, -0.2) is 32.4 Å². The van der Waals surface area contributed by atoms with Gasteiger partial charge in [-0.1, -0.05) is 0 Å². The minimum atomic E-state index is -3.52. The van der Waals surface area contributed by atoms with Gasteiger partial charge in [-0.3, -0.25) is 4.79 Å². The Morgan fingerprint density at radius 2 is 1.74 bits per heavy atom. The second kappa shape index (κ2) is 6.12. The number of carbonyl (C=O) groups excluding carboxylic acids is 1. The number of anilines is 1. The van der Waals surface area contributed by atoms with Crippen LogP contribution >= 0.6 is 0 Å². The number of carboxylic acids is 1. The maximum absolute atomic E-state index is 11.4. The Bertz CT molecular complexity index is 604. The molecular weight excluding hydrogens is 272 g/mol. The smallest absolute Gasteiger partial charge is 0.328 e. The van der Waals surface area contributed by atoms with E-state index in [1.54, 1.807) is 0 Å². The molecule has 0 heterocycles. The van der Waals surface area contributed by atoms with Gasteiger partial charge in [0.15, 0.2) is 0 Å². The summed E-state index contributed by atoms with van der Waals surface area (Å²) in [6.07, 6.45) is 1.57. The second-order valence-corrected chi connectivity index (χ2v) is 5.28. The third-order valence-corrected chi connectivity index (χ3v) is 3.51. The molecule has 0 aliphatic carbocycles. The zero-order valence-electron chi connectivity index (χ0n) is 9.95. The van der Waals surface area contributed by atoms with Crippen LogP contribution in [0.15, 0.2) is 41.3 Å². The molecule has 7 nitrogen and oxygen atoms in total. The summed E-state index contributed by atoms with van der Waals surface area (Å²) in [6, 6.07) is 5.44. The van der Waals surface area contributed by atoms with Gasteiger partial charge < -0.3 is 10.4 Å². The highest BCUT2D eigenvalue weighted by Gasteiger charge is 2.10. The van der Waals surface area contributed by atoms with Gasteiger partial charge in [0.1, 0.15) is 0 Å². The van der Waals surface area contributed by atoms with Crippen molar-refractivity contribution in [2.24, 2.45) is 0 Å². The molecule has 0 spiro atoms. The molecule has 0 saturated carbocycles. The maximum Gasteiger partial charge on any atom is 0.328 e. The predicted molar refractivity (Wildman–Crippen MR) is 68.1 cm³/mol. The molecule has 0 bridgehead atoms. The van der Waals surface area contributed by atoms with Gasteiger partial charge in [0, 0.05) is 17.8 Å². The Morgan fingerprint density at radius 3 is 2.21 bits per heavy atom. The van der Waals surface area contributed by atoms with Crippen molar-refractivity contribution in [3.05, 3.63) is 36.4 Å². The summed E-state index contributed by atoms with van der Waals surface area (Å²) in [4.78, 5) is 21.5. The molecule has 0 fully saturated rings. The minimum Gasteiger partial charge on any atom is -0.478 e. The van der Waals surface area contributed by atoms with Gasteiger partial charge >= 0.3 is 5.97 Å². The fourth-order valence-corrected chi connectivity index (χ4v) is 1.90. The van der Waals surface area contributed by atoms with Crippen LogP contribution in [0.2, 0.25) is 0 Å². The van der Waals surface area contributed by atoms with E-state index in [2.05, 4.69) is 10.0 Å². The molecule has 0 radical (unpaired) electrons. The summed E-state index contributed by atoms with van der Waals surface area (Å²) >= 11 is 0. The number of rotatable bonds is 5. The summed E-state index contributed by atoms with van der Waals surface area (Å²) in [5.41, 5.74) is 0.357. The number of benzene rings is 1. The highest BCUT2D eigenvalue weighted by atomic mass is 32.2. The normalized spacial score (nSPS) is 11.4. The molecule has 0 saturated heterocycles. The summed E-state index contributed by atoms with van der Waals surface area (Å²) in [7, 11) is -2.23. The SMILES string of the molecule is CNS(=O)(=O)c1ccc(NC(=O)/C=C/C(=O)O)cc1. The van der Waals surface area contributed by atoms with E-state index in [4.69, 9.17) is 5.11 Å². The van der Waals surface area contributed by atoms with E-state index in [9.17, 15) is 18.0 Å². The lowest BCUT2D eigenvalue weighted by Crippen LogP contribution is -2.18. The van der Waals surface area contributed by atoms with E-state index < -0.39 is 21.9 Å². The van der Waals surface area contributed by atoms with Gasteiger partial charge in [-0.2, -0.15) is 0 Å². The number of sulfonamides is 1. The third kappa shape index (κ3) is 4.53. The van der Waals surface area contributed by atoms with Crippen molar-refractivity contribution in [1.82, 2.24) is 4.72 Å². The first kappa shape index (κ1) is 14.9. The Morgan fingerprint density at radius 1 is 1.16 bits per heavy atom. The first-order valence-electron chi connectivity index (χ1n) is 5.11. The van der Waals surface area contributed by atoms with Crippen molar-refractivity contribution >= 4 is 27.6 Å². The Kier molecular flexibility index (Phi) is 4.79. The summed E-state index contributed by atoms with van der Waals surface area (Å²) in [5, 5.41) is 10.7. The number of nitrogens with one attached hydrogen (secondary N) is 2. The van der Waals surface area contributed by atoms with Gasteiger partial charge in [-0.25, -0.2) is 17.9 Å². The predicted octanol–water partition coefficient (Wildman–Crippen LogP) is 0.174. The topological polar surface area (TPSA) is 113 Å². The van der Waals surface area contributed by atoms with E-state index in [1.165, 1.54) is 31.3 Å². The fraction of sp³-hybridized carbons (Fsp3) is 0.0909. The van der Waals surface area contributed by atoms with E-state index in [0.29, 0.717) is 11.8 Å². The summed E-state index contributed by atoms with van der Waals surface area (Å²) < 4.78 is 25.0. The van der Waals surface area contributed by atoms with Crippen LogP contribution in [0.3, 0.4) is 0 Å². The highest BCUT2D eigenvalue weighted by Crippen LogP contribution is 2.13. The van der Waals surface area contributed by atoms with Crippen molar-refractivity contribution in [2.45, 2.75) is 4.90 Å². The lowest BCUT2D eigenvalue weighted by Gasteiger charge is -2.05. The van der Waals surface area contributed by atoms with Crippen LogP contribution in [0.4, 0.5) is 5.69 Å². The van der Waals surface area contributed by atoms with Crippen molar-refractivity contribution in [2.75, 3.05) is 12.4 Å². The first-order chi connectivity index (χ1) is 8.85. The van der Waals surface area contributed by atoms with Crippen LogP contribution in [0.5, 0.6) is 0 Å². The molecule has 1 rings (SSSR count). The van der Waals surface area contributed by atoms with Gasteiger partial charge in [0.05, 0.1) is 4.90 Å². The zero-order valence-corrected chi connectivity index (χ0v) is 10.8. The number of amides is 1. The van der Waals surface area contributed by atoms with Crippen LogP contribution in [0.1, 0.15) is 0 Å². The molecule has 1 aromatic rings. The Hall–Kier alpha value is -2.19. The lowest BCUT2D eigenvalue weighted by atomic mass is 10.3. The standard InChI is InChI=1S/C11H12N2O5S/c1-12-19(17,18)9-4-2-8(3-5-9)13-10(14)6-7-11(15)16/h2-7,12H,1H3,(H,13,14)(H,15,16)/b7-6+. The first-order valence-corrected chi connectivity index (χ1v) is 6.59. The van der Waals surface area contributed by atoms with Crippen molar-refractivity contribution in [1.29, 1.82) is 0 Å². The summed E-state index contributed by atoms with van der Waals surface area (Å²) in [6.45, 7) is 0. The molecule has 3 N–H and O–H groups in total. The number of aliphatic carboxylic acids is 1. The average molecular weight is 284 g/mol. The van der Waals surface area contributed by atoms with Crippen molar-refractivity contribution < 1.29 is 23.1 Å². The molecule has 1 aromatic carbocycles. The van der Waals surface area contributed by atoms with Crippen LogP contribution < -0.4 is 10.0 Å². The van der Waals surface area contributed by atoms with E-state index in [1.807, 2.05) is 0 Å². The average Bonchev–Trinajstić information content (AvgIpc) is 2.37. The van der Waals surface area contributed by atoms with E-state index >= 15 is 0 Å².